The number of carbonyl (C=O) groups is 3. The molecule has 0 aromatic carbocycles. The van der Waals surface area contributed by atoms with Crippen LogP contribution in [0.5, 0.6) is 0 Å². The van der Waals surface area contributed by atoms with E-state index >= 15 is 0 Å². The second-order valence-corrected chi connectivity index (χ2v) is 20.0. The molecule has 0 aromatic rings. The van der Waals surface area contributed by atoms with E-state index in [1.165, 1.54) is 57.8 Å². The largest absolute Gasteiger partial charge is 0.472 e. The third-order valence-corrected chi connectivity index (χ3v) is 12.4. The lowest BCUT2D eigenvalue weighted by atomic mass is 9.88. The third kappa shape index (κ3) is 32.2. The molecule has 0 amide bonds. The summed E-state index contributed by atoms with van der Waals surface area (Å²) in [5.74, 6) is -1.12. The molecule has 0 saturated heterocycles. The number of carbonyl (C=O) groups excluding carboxylic acids is 3. The Kier molecular flexibility index (Phi) is 32.8. The number of aliphatic hydroxyl groups is 3. The molecule has 0 radical (unpaired) electrons. The number of esters is 2. The summed E-state index contributed by atoms with van der Waals surface area (Å²) in [7, 11) is -9.77. The zero-order valence-corrected chi connectivity index (χ0v) is 39.7. The summed E-state index contributed by atoms with van der Waals surface area (Å²) in [6.45, 7) is 3.71. The molecule has 1 saturated carbocycles. The van der Waals surface area contributed by atoms with Crippen molar-refractivity contribution in [1.29, 1.82) is 0 Å². The average Bonchev–Trinajstić information content (AvgIpc) is 3.47. The zero-order valence-electron chi connectivity index (χ0n) is 37.9. The summed E-state index contributed by atoms with van der Waals surface area (Å²) < 4.78 is 47.9. The van der Waals surface area contributed by atoms with Crippen LogP contribution in [0.3, 0.4) is 0 Å². The molecule has 0 spiro atoms. The molecule has 364 valence electrons. The number of rotatable bonds is 40. The van der Waals surface area contributed by atoms with E-state index in [-0.39, 0.29) is 31.0 Å². The molecule has 18 heteroatoms. The minimum atomic E-state index is -4.90. The molecule has 1 aliphatic carbocycles. The molecule has 6 N–H and O–H groups in total. The van der Waals surface area contributed by atoms with Gasteiger partial charge in [-0.3, -0.25) is 28.0 Å². The van der Waals surface area contributed by atoms with Gasteiger partial charge in [0.15, 0.2) is 6.10 Å². The van der Waals surface area contributed by atoms with Gasteiger partial charge in [0.05, 0.1) is 32.0 Å². The fraction of sp³-hybridized carbons (Fsp3) is 0.886. The number of hydrogen-bond donors (Lipinski definition) is 6. The van der Waals surface area contributed by atoms with E-state index in [1.807, 2.05) is 0 Å². The maximum Gasteiger partial charge on any atom is 0.472 e. The summed E-state index contributed by atoms with van der Waals surface area (Å²) in [5, 5.41) is 30.6. The highest BCUT2D eigenvalue weighted by Crippen LogP contribution is 2.44. The first-order valence-electron chi connectivity index (χ1n) is 23.3. The van der Waals surface area contributed by atoms with Gasteiger partial charge >= 0.3 is 27.6 Å². The summed E-state index contributed by atoms with van der Waals surface area (Å²) in [6, 6.07) is 0. The molecule has 1 aliphatic rings. The molecule has 0 aliphatic heterocycles. The highest BCUT2D eigenvalue weighted by Gasteiger charge is 2.39. The lowest BCUT2D eigenvalue weighted by molar-refractivity contribution is -0.161. The maximum atomic E-state index is 12.8. The number of unbranched alkanes of at least 4 members (excludes halogenated alkanes) is 16. The van der Waals surface area contributed by atoms with Crippen LogP contribution in [-0.4, -0.2) is 98.6 Å². The van der Waals surface area contributed by atoms with E-state index in [9.17, 15) is 43.7 Å². The van der Waals surface area contributed by atoms with Gasteiger partial charge in [-0.2, -0.15) is 0 Å². The van der Waals surface area contributed by atoms with E-state index in [0.29, 0.717) is 38.5 Å². The van der Waals surface area contributed by atoms with E-state index < -0.39 is 84.3 Å². The van der Waals surface area contributed by atoms with Crippen molar-refractivity contribution in [3.8, 4) is 0 Å². The van der Waals surface area contributed by atoms with Gasteiger partial charge in [0, 0.05) is 25.2 Å². The molecule has 1 unspecified atom stereocenters. The molecule has 62 heavy (non-hydrogen) atoms. The van der Waals surface area contributed by atoms with Gasteiger partial charge in [-0.15, -0.1) is 0 Å². The molecule has 0 aromatic heterocycles. The predicted octanol–water partition coefficient (Wildman–Crippen LogP) is 8.57. The van der Waals surface area contributed by atoms with Gasteiger partial charge in [0.25, 0.3) is 0 Å². The Morgan fingerprint density at radius 3 is 1.79 bits per heavy atom. The first-order valence-corrected chi connectivity index (χ1v) is 26.4. The molecule has 1 fully saturated rings. The second-order valence-electron chi connectivity index (χ2n) is 17.3. The van der Waals surface area contributed by atoms with E-state index in [0.717, 1.165) is 50.9 Å². The second kappa shape index (κ2) is 34.8. The monoisotopic (exact) mass is 929 g/mol. The number of aliphatic hydroxyl groups excluding tert-OH is 3. The van der Waals surface area contributed by atoms with Crippen LogP contribution in [-0.2, 0) is 46.6 Å². The summed E-state index contributed by atoms with van der Waals surface area (Å²) in [5.41, 5.74) is 0. The van der Waals surface area contributed by atoms with Crippen LogP contribution >= 0.6 is 15.6 Å². The van der Waals surface area contributed by atoms with Crippen molar-refractivity contribution < 1.29 is 76.6 Å². The van der Waals surface area contributed by atoms with Crippen molar-refractivity contribution in [2.45, 2.75) is 206 Å². The minimum Gasteiger partial charge on any atom is -0.462 e. The Bertz CT molecular complexity index is 1320. The van der Waals surface area contributed by atoms with Crippen LogP contribution < -0.4 is 0 Å². The molecule has 7 atom stereocenters. The van der Waals surface area contributed by atoms with Crippen molar-refractivity contribution in [2.24, 2.45) is 17.8 Å². The van der Waals surface area contributed by atoms with Crippen LogP contribution in [0.1, 0.15) is 181 Å². The number of phosphoric acid groups is 2. The fourth-order valence-electron chi connectivity index (χ4n) is 7.38. The Balaban J connectivity index is 2.52. The summed E-state index contributed by atoms with van der Waals surface area (Å²) >= 11 is 0. The quantitative estimate of drug-likeness (QED) is 0.0146. The number of ether oxygens (including phenoxy) is 2. The van der Waals surface area contributed by atoms with Crippen molar-refractivity contribution in [2.75, 3.05) is 26.4 Å². The Morgan fingerprint density at radius 1 is 0.694 bits per heavy atom. The maximum absolute atomic E-state index is 12.8. The zero-order chi connectivity index (χ0) is 46.2. The normalized spacial score (nSPS) is 19.5. The Labute approximate surface area is 371 Å². The molecule has 0 bridgehead atoms. The SMILES string of the molecule is CCCCC[C@H](O)/C=C/[C@H]1C(=O)C[C@H](O)[C@@H]1CCCCCCC(=O)O[C@H](COC(=O)CCCCCCCCCCCCCCC(C)C)COP(=O)(O)OC[C@@H](O)COP(=O)(O)O. The fourth-order valence-corrected chi connectivity index (χ4v) is 8.53. The van der Waals surface area contributed by atoms with Gasteiger partial charge < -0.3 is 39.5 Å². The van der Waals surface area contributed by atoms with Crippen molar-refractivity contribution in [1.82, 2.24) is 0 Å². The van der Waals surface area contributed by atoms with Crippen molar-refractivity contribution in [3.05, 3.63) is 12.2 Å². The lowest BCUT2D eigenvalue weighted by Crippen LogP contribution is -2.30. The van der Waals surface area contributed by atoms with Crippen LogP contribution in [0.15, 0.2) is 12.2 Å². The number of Topliss-reactive ketones (excluding diaryl/α,β-unsaturated/α-hetero) is 1. The van der Waals surface area contributed by atoms with Gasteiger partial charge in [0.1, 0.15) is 18.5 Å². The topological polar surface area (TPSA) is 253 Å². The third-order valence-electron chi connectivity index (χ3n) is 11.0. The first-order chi connectivity index (χ1) is 29.4. The van der Waals surface area contributed by atoms with Gasteiger partial charge in [0.2, 0.25) is 0 Å². The van der Waals surface area contributed by atoms with Crippen LogP contribution in [0.25, 0.3) is 0 Å². The first kappa shape index (κ1) is 58.5. The Hall–Kier alpha value is -1.55. The van der Waals surface area contributed by atoms with Crippen molar-refractivity contribution >= 4 is 33.4 Å². The molecule has 0 heterocycles. The highest BCUT2D eigenvalue weighted by molar-refractivity contribution is 7.47. The summed E-state index contributed by atoms with van der Waals surface area (Å²) in [6.07, 6.45) is 21.1. The molecular weight excluding hydrogens is 846 g/mol. The lowest BCUT2D eigenvalue weighted by Gasteiger charge is -2.20. The van der Waals surface area contributed by atoms with Crippen molar-refractivity contribution in [3.63, 3.8) is 0 Å². The van der Waals surface area contributed by atoms with Crippen LogP contribution in [0.4, 0.5) is 0 Å². The average molecular weight is 929 g/mol. The Morgan fingerprint density at radius 2 is 1.21 bits per heavy atom. The number of ketones is 1. The number of hydrogen-bond acceptors (Lipinski definition) is 13. The number of phosphoric ester groups is 2. The minimum absolute atomic E-state index is 0.00619. The standard InChI is InChI=1S/C44H82O16P2/c1-4-5-18-24-36(45)28-29-40-39(41(47)30-42(40)48)25-20-16-17-22-27-44(50)60-38(34-59-62(54,55)58-32-37(46)31-57-61(51,52)53)33-56-43(49)26-21-15-13-11-9-7-6-8-10-12-14-19-23-35(2)3/h28-29,35-41,45-47H,4-27,30-34H2,1-3H3,(H,54,55)(H2,51,52,53)/b29-28+/t36-,37-,38+,39+,40+,41-/m0/s1. The molecule has 16 nitrogen and oxygen atoms in total. The van der Waals surface area contributed by atoms with E-state index in [4.69, 9.17) is 23.8 Å². The molecule has 1 rings (SSSR count). The number of allylic oxidation sites excluding steroid dienone is 1. The smallest absolute Gasteiger partial charge is 0.462 e. The van der Waals surface area contributed by atoms with E-state index in [1.54, 1.807) is 12.2 Å². The summed E-state index contributed by atoms with van der Waals surface area (Å²) in [4.78, 5) is 65.5. The highest BCUT2D eigenvalue weighted by atomic mass is 31.2. The van der Waals surface area contributed by atoms with Gasteiger partial charge in [-0.1, -0.05) is 148 Å². The predicted molar refractivity (Wildman–Crippen MR) is 236 cm³/mol. The van der Waals surface area contributed by atoms with Crippen LogP contribution in [0.2, 0.25) is 0 Å². The van der Waals surface area contributed by atoms with E-state index in [2.05, 4.69) is 29.8 Å². The van der Waals surface area contributed by atoms with Crippen LogP contribution in [0, 0.1) is 17.8 Å². The van der Waals surface area contributed by atoms with Gasteiger partial charge in [-0.05, 0) is 37.5 Å². The molecular formula is C44H82O16P2. The van der Waals surface area contributed by atoms with Gasteiger partial charge in [-0.25, -0.2) is 9.13 Å².